The molecule has 0 bridgehead atoms. The fourth-order valence-corrected chi connectivity index (χ4v) is 2.63. The van der Waals surface area contributed by atoms with Crippen molar-refractivity contribution in [2.75, 3.05) is 23.3 Å². The van der Waals surface area contributed by atoms with Crippen LogP contribution in [0.5, 0.6) is 0 Å². The summed E-state index contributed by atoms with van der Waals surface area (Å²) in [5.41, 5.74) is 3.49. The Bertz CT molecular complexity index is 620. The zero-order valence-corrected chi connectivity index (χ0v) is 14.3. The van der Waals surface area contributed by atoms with E-state index in [9.17, 15) is 0 Å². The number of aryl methyl sites for hydroxylation is 1. The number of amidine groups is 1. The molecule has 0 fully saturated rings. The fourth-order valence-electron chi connectivity index (χ4n) is 2.63. The first kappa shape index (κ1) is 17.1. The van der Waals surface area contributed by atoms with Gasteiger partial charge >= 0.3 is 0 Å². The van der Waals surface area contributed by atoms with E-state index in [4.69, 9.17) is 5.41 Å². The van der Waals surface area contributed by atoms with Gasteiger partial charge in [0.2, 0.25) is 0 Å². The molecule has 2 aromatic carbocycles. The molecule has 0 amide bonds. The van der Waals surface area contributed by atoms with Crippen molar-refractivity contribution in [2.24, 2.45) is 5.92 Å². The van der Waals surface area contributed by atoms with Gasteiger partial charge in [0.1, 0.15) is 5.84 Å². The second kappa shape index (κ2) is 8.37. The van der Waals surface area contributed by atoms with E-state index in [-0.39, 0.29) is 0 Å². The Morgan fingerprint density at radius 1 is 1.04 bits per heavy atom. The Labute approximate surface area is 139 Å². The van der Waals surface area contributed by atoms with E-state index >= 15 is 0 Å². The maximum absolute atomic E-state index is 8.56. The Hall–Kier alpha value is -2.29. The van der Waals surface area contributed by atoms with Crippen LogP contribution in [0.25, 0.3) is 0 Å². The van der Waals surface area contributed by atoms with Crippen molar-refractivity contribution in [2.45, 2.75) is 27.2 Å². The molecule has 23 heavy (non-hydrogen) atoms. The average Bonchev–Trinajstić information content (AvgIpc) is 2.58. The van der Waals surface area contributed by atoms with Gasteiger partial charge in [-0.2, -0.15) is 0 Å². The first-order valence-corrected chi connectivity index (χ1v) is 8.33. The van der Waals surface area contributed by atoms with Crippen LogP contribution < -0.4 is 10.2 Å². The topological polar surface area (TPSA) is 39.1 Å². The minimum atomic E-state index is 0.497. The molecule has 122 valence electrons. The maximum Gasteiger partial charge on any atom is 0.120 e. The number of hydrogen-bond donors (Lipinski definition) is 2. The summed E-state index contributed by atoms with van der Waals surface area (Å²) in [6.45, 7) is 7.93. The highest BCUT2D eigenvalue weighted by molar-refractivity contribution is 5.98. The summed E-state index contributed by atoms with van der Waals surface area (Å²) in [7, 11) is 0. The summed E-state index contributed by atoms with van der Waals surface area (Å²) in [6, 6.07) is 18.5. The van der Waals surface area contributed by atoms with E-state index in [2.05, 4.69) is 55.3 Å². The zero-order valence-electron chi connectivity index (χ0n) is 14.3. The monoisotopic (exact) mass is 309 g/mol. The smallest absolute Gasteiger partial charge is 0.120 e. The molecule has 0 saturated carbocycles. The molecule has 0 aliphatic heterocycles. The van der Waals surface area contributed by atoms with Crippen LogP contribution in [0.4, 0.5) is 11.4 Å². The third-order valence-corrected chi connectivity index (χ3v) is 3.77. The number of para-hydroxylation sites is 2. The van der Waals surface area contributed by atoms with E-state index < -0.39 is 0 Å². The van der Waals surface area contributed by atoms with Crippen molar-refractivity contribution in [1.29, 1.82) is 5.41 Å². The van der Waals surface area contributed by atoms with Gasteiger partial charge in [-0.1, -0.05) is 57.2 Å². The summed E-state index contributed by atoms with van der Waals surface area (Å²) in [6.07, 6.45) is 0.976. The van der Waals surface area contributed by atoms with Crippen LogP contribution in [0.2, 0.25) is 0 Å². The number of nitrogens with one attached hydrogen (secondary N) is 2. The number of anilines is 2. The fraction of sp³-hybridized carbons (Fsp3) is 0.350. The zero-order chi connectivity index (χ0) is 16.7. The third-order valence-electron chi connectivity index (χ3n) is 3.77. The molecule has 0 aliphatic rings. The quantitative estimate of drug-likeness (QED) is 0.569. The molecular weight excluding hydrogens is 282 g/mol. The molecule has 2 rings (SSSR count). The van der Waals surface area contributed by atoms with Crippen LogP contribution in [-0.2, 0) is 6.42 Å². The van der Waals surface area contributed by atoms with E-state index in [1.54, 1.807) is 0 Å². The standard InChI is InChI=1S/C20H27N3/c1-4-17-10-8-9-13-19(17)23(15-16(2)3)20(21)14-22-18-11-6-5-7-12-18/h5-13,16,21-22H,4,14-15H2,1-3H3. The molecule has 0 heterocycles. The molecule has 0 aromatic heterocycles. The molecule has 0 spiro atoms. The molecule has 3 nitrogen and oxygen atoms in total. The Morgan fingerprint density at radius 2 is 1.70 bits per heavy atom. The van der Waals surface area contributed by atoms with Gasteiger partial charge in [0.25, 0.3) is 0 Å². The van der Waals surface area contributed by atoms with Crippen molar-refractivity contribution in [3.63, 3.8) is 0 Å². The highest BCUT2D eigenvalue weighted by atomic mass is 15.2. The van der Waals surface area contributed by atoms with Crippen molar-refractivity contribution in [3.05, 3.63) is 60.2 Å². The molecule has 0 radical (unpaired) electrons. The highest BCUT2D eigenvalue weighted by Gasteiger charge is 2.16. The molecule has 2 N–H and O–H groups in total. The van der Waals surface area contributed by atoms with Gasteiger partial charge < -0.3 is 10.2 Å². The lowest BCUT2D eigenvalue weighted by molar-refractivity contribution is 0.654. The minimum Gasteiger partial charge on any atom is -0.378 e. The van der Waals surface area contributed by atoms with Gasteiger partial charge in [0.05, 0.1) is 6.54 Å². The lowest BCUT2D eigenvalue weighted by Crippen LogP contribution is -2.38. The molecule has 0 aliphatic carbocycles. The summed E-state index contributed by atoms with van der Waals surface area (Å²) in [4.78, 5) is 2.14. The van der Waals surface area contributed by atoms with Gasteiger partial charge in [-0.3, -0.25) is 5.41 Å². The number of benzene rings is 2. The van der Waals surface area contributed by atoms with Gasteiger partial charge in [-0.25, -0.2) is 0 Å². The maximum atomic E-state index is 8.56. The third kappa shape index (κ3) is 4.85. The van der Waals surface area contributed by atoms with Gasteiger partial charge in [-0.05, 0) is 36.1 Å². The van der Waals surface area contributed by atoms with E-state index in [0.29, 0.717) is 18.3 Å². The van der Waals surface area contributed by atoms with Crippen molar-refractivity contribution < 1.29 is 0 Å². The molecular formula is C20H27N3. The van der Waals surface area contributed by atoms with Crippen LogP contribution in [0.1, 0.15) is 26.3 Å². The molecule has 0 saturated heterocycles. The molecule has 3 heteroatoms. The second-order valence-corrected chi connectivity index (χ2v) is 6.15. The van der Waals surface area contributed by atoms with Crippen LogP contribution in [0, 0.1) is 11.3 Å². The number of hydrogen-bond acceptors (Lipinski definition) is 2. The SMILES string of the molecule is CCc1ccccc1N(CC(C)C)C(=N)CNc1ccccc1. The Balaban J connectivity index is 2.15. The van der Waals surface area contributed by atoms with Crippen LogP contribution in [0.3, 0.4) is 0 Å². The first-order chi connectivity index (χ1) is 11.1. The molecule has 0 unspecified atom stereocenters. The number of rotatable bonds is 7. The summed E-state index contributed by atoms with van der Waals surface area (Å²) in [5, 5.41) is 11.9. The van der Waals surface area contributed by atoms with Gasteiger partial charge in [0.15, 0.2) is 0 Å². The van der Waals surface area contributed by atoms with Crippen LogP contribution >= 0.6 is 0 Å². The van der Waals surface area contributed by atoms with Crippen molar-refractivity contribution >= 4 is 17.2 Å². The van der Waals surface area contributed by atoms with Crippen molar-refractivity contribution in [3.8, 4) is 0 Å². The number of nitrogens with zero attached hydrogens (tertiary/aromatic N) is 1. The van der Waals surface area contributed by atoms with E-state index in [0.717, 1.165) is 24.3 Å². The van der Waals surface area contributed by atoms with E-state index in [1.807, 2.05) is 30.3 Å². The highest BCUT2D eigenvalue weighted by Crippen LogP contribution is 2.22. The summed E-state index contributed by atoms with van der Waals surface area (Å²) < 4.78 is 0. The summed E-state index contributed by atoms with van der Waals surface area (Å²) >= 11 is 0. The summed E-state index contributed by atoms with van der Waals surface area (Å²) in [5.74, 6) is 1.10. The molecule has 0 atom stereocenters. The Kier molecular flexibility index (Phi) is 6.21. The van der Waals surface area contributed by atoms with Gasteiger partial charge in [-0.15, -0.1) is 0 Å². The molecule has 2 aromatic rings. The predicted octanol–water partition coefficient (Wildman–Crippen LogP) is 4.80. The lowest BCUT2D eigenvalue weighted by atomic mass is 10.1. The lowest BCUT2D eigenvalue weighted by Gasteiger charge is -2.29. The average molecular weight is 309 g/mol. The predicted molar refractivity (Wildman–Crippen MR) is 101 cm³/mol. The van der Waals surface area contributed by atoms with Crippen LogP contribution in [0.15, 0.2) is 54.6 Å². The van der Waals surface area contributed by atoms with Gasteiger partial charge in [0, 0.05) is 17.9 Å². The Morgan fingerprint density at radius 3 is 2.35 bits per heavy atom. The van der Waals surface area contributed by atoms with E-state index in [1.165, 1.54) is 5.56 Å². The second-order valence-electron chi connectivity index (χ2n) is 6.15. The minimum absolute atomic E-state index is 0.497. The normalized spacial score (nSPS) is 10.6. The first-order valence-electron chi connectivity index (χ1n) is 8.33. The van der Waals surface area contributed by atoms with Crippen molar-refractivity contribution in [1.82, 2.24) is 0 Å². The largest absolute Gasteiger partial charge is 0.378 e. The van der Waals surface area contributed by atoms with Crippen LogP contribution in [-0.4, -0.2) is 18.9 Å².